The summed E-state index contributed by atoms with van der Waals surface area (Å²) in [5, 5.41) is 9.60. The van der Waals surface area contributed by atoms with E-state index in [1.807, 2.05) is 13.8 Å². The van der Waals surface area contributed by atoms with Gasteiger partial charge in [-0.25, -0.2) is 0 Å². The Morgan fingerprint density at radius 1 is 1.43 bits per heavy atom. The molecule has 0 bridgehead atoms. The molecular weight excluding hydrogens is 242 g/mol. The van der Waals surface area contributed by atoms with Crippen molar-refractivity contribution in [2.24, 2.45) is 5.73 Å². The minimum absolute atomic E-state index is 0.135. The Morgan fingerprint density at radius 3 is 2.50 bits per heavy atom. The van der Waals surface area contributed by atoms with E-state index in [4.69, 9.17) is 5.73 Å². The normalized spacial score (nSPS) is 18.3. The maximum absolute atomic E-state index is 9.60. The van der Waals surface area contributed by atoms with Gasteiger partial charge in [0.1, 0.15) is 5.75 Å². The highest BCUT2D eigenvalue weighted by atomic mass is 79.9. The second kappa shape index (κ2) is 2.97. The molecule has 1 aliphatic rings. The van der Waals surface area contributed by atoms with Gasteiger partial charge in [0.15, 0.2) is 0 Å². The monoisotopic (exact) mass is 255 g/mol. The summed E-state index contributed by atoms with van der Waals surface area (Å²) in [6, 6.07) is 1.78. The van der Waals surface area contributed by atoms with Crippen LogP contribution in [0.3, 0.4) is 0 Å². The molecule has 0 heterocycles. The summed E-state index contributed by atoms with van der Waals surface area (Å²) in [4.78, 5) is 0. The van der Waals surface area contributed by atoms with Crippen molar-refractivity contribution in [1.29, 1.82) is 0 Å². The smallest absolute Gasteiger partial charge is 0.130 e. The largest absolute Gasteiger partial charge is 0.507 e. The van der Waals surface area contributed by atoms with E-state index in [0.29, 0.717) is 5.75 Å². The molecule has 14 heavy (non-hydrogen) atoms. The number of phenolic OH excluding ortho intramolecular Hbond substituents is 1. The lowest BCUT2D eigenvalue weighted by molar-refractivity contribution is 0.470. The molecule has 1 aromatic carbocycles. The van der Waals surface area contributed by atoms with Crippen LogP contribution in [0.15, 0.2) is 10.5 Å². The average Bonchev–Trinajstić information content (AvgIpc) is 2.80. The van der Waals surface area contributed by atoms with Crippen LogP contribution in [0.2, 0.25) is 0 Å². The van der Waals surface area contributed by atoms with Gasteiger partial charge in [0.05, 0.1) is 4.47 Å². The molecule has 0 unspecified atom stereocenters. The lowest BCUT2D eigenvalue weighted by Crippen LogP contribution is -2.21. The van der Waals surface area contributed by atoms with Gasteiger partial charge in [-0.1, -0.05) is 0 Å². The van der Waals surface area contributed by atoms with Crippen molar-refractivity contribution in [2.45, 2.75) is 32.2 Å². The predicted molar refractivity (Wildman–Crippen MR) is 60.4 cm³/mol. The summed E-state index contributed by atoms with van der Waals surface area (Å²) < 4.78 is 0.773. The second-order valence-electron chi connectivity index (χ2n) is 4.18. The molecule has 2 rings (SSSR count). The molecule has 0 aliphatic heterocycles. The van der Waals surface area contributed by atoms with Gasteiger partial charge in [-0.15, -0.1) is 0 Å². The van der Waals surface area contributed by atoms with Crippen molar-refractivity contribution in [3.63, 3.8) is 0 Å². The van der Waals surface area contributed by atoms with Crippen LogP contribution in [-0.2, 0) is 5.54 Å². The van der Waals surface area contributed by atoms with Crippen molar-refractivity contribution in [2.75, 3.05) is 0 Å². The van der Waals surface area contributed by atoms with E-state index >= 15 is 0 Å². The first-order valence-corrected chi connectivity index (χ1v) is 5.53. The molecule has 76 valence electrons. The fraction of sp³-hybridized carbons (Fsp3) is 0.455. The molecule has 1 aliphatic carbocycles. The Morgan fingerprint density at radius 2 is 2.00 bits per heavy atom. The Labute approximate surface area is 92.3 Å². The molecule has 3 heteroatoms. The standard InChI is InChI=1S/C11H14BrNO/c1-6-5-8(14)10(12)7(2)9(6)11(13)3-4-11/h5,14H,3-4,13H2,1-2H3. The van der Waals surface area contributed by atoms with Gasteiger partial charge in [-0.2, -0.15) is 0 Å². The van der Waals surface area contributed by atoms with Crippen LogP contribution in [0.5, 0.6) is 5.75 Å². The number of aryl methyl sites for hydroxylation is 1. The zero-order chi connectivity index (χ0) is 10.5. The van der Waals surface area contributed by atoms with Gasteiger partial charge in [-0.05, 0) is 65.4 Å². The fourth-order valence-electron chi connectivity index (χ4n) is 2.09. The Bertz CT molecular complexity index is 397. The number of halogens is 1. The summed E-state index contributed by atoms with van der Waals surface area (Å²) in [6.07, 6.45) is 2.10. The van der Waals surface area contributed by atoms with Crippen LogP contribution in [0.4, 0.5) is 0 Å². The molecule has 0 atom stereocenters. The molecule has 3 N–H and O–H groups in total. The van der Waals surface area contributed by atoms with E-state index in [1.54, 1.807) is 6.07 Å². The predicted octanol–water partition coefficient (Wildman–Crippen LogP) is 2.72. The lowest BCUT2D eigenvalue weighted by Gasteiger charge is -2.18. The van der Waals surface area contributed by atoms with Crippen LogP contribution < -0.4 is 5.73 Å². The summed E-state index contributed by atoms with van der Waals surface area (Å²) in [5.74, 6) is 0.299. The highest BCUT2D eigenvalue weighted by Crippen LogP contribution is 2.48. The molecule has 0 amide bonds. The molecule has 0 saturated heterocycles. The summed E-state index contributed by atoms with van der Waals surface area (Å²) >= 11 is 3.38. The molecule has 1 fully saturated rings. The number of rotatable bonds is 1. The van der Waals surface area contributed by atoms with Gasteiger partial charge in [0, 0.05) is 5.54 Å². The van der Waals surface area contributed by atoms with Crippen LogP contribution in [-0.4, -0.2) is 5.11 Å². The summed E-state index contributed by atoms with van der Waals surface area (Å²) in [5.41, 5.74) is 9.41. The Kier molecular flexibility index (Phi) is 2.12. The minimum atomic E-state index is -0.135. The van der Waals surface area contributed by atoms with Crippen molar-refractivity contribution in [3.8, 4) is 5.75 Å². The van der Waals surface area contributed by atoms with Crippen LogP contribution in [0.25, 0.3) is 0 Å². The second-order valence-corrected chi connectivity index (χ2v) is 4.98. The Balaban J connectivity index is 2.65. The average molecular weight is 256 g/mol. The maximum Gasteiger partial charge on any atom is 0.130 e. The maximum atomic E-state index is 9.60. The molecule has 2 nitrogen and oxygen atoms in total. The summed E-state index contributed by atoms with van der Waals surface area (Å²) in [6.45, 7) is 4.00. The first-order chi connectivity index (χ1) is 6.46. The van der Waals surface area contributed by atoms with Crippen LogP contribution in [0.1, 0.15) is 29.5 Å². The highest BCUT2D eigenvalue weighted by molar-refractivity contribution is 9.10. The van der Waals surface area contributed by atoms with E-state index in [1.165, 1.54) is 5.56 Å². The van der Waals surface area contributed by atoms with Crippen molar-refractivity contribution in [1.82, 2.24) is 0 Å². The van der Waals surface area contributed by atoms with Gasteiger partial charge in [-0.3, -0.25) is 0 Å². The van der Waals surface area contributed by atoms with E-state index in [2.05, 4.69) is 15.9 Å². The lowest BCUT2D eigenvalue weighted by atomic mass is 9.94. The highest BCUT2D eigenvalue weighted by Gasteiger charge is 2.42. The number of aromatic hydroxyl groups is 1. The SMILES string of the molecule is Cc1cc(O)c(Br)c(C)c1C1(N)CC1. The van der Waals surface area contributed by atoms with Gasteiger partial charge in [0.25, 0.3) is 0 Å². The van der Waals surface area contributed by atoms with Gasteiger partial charge in [0.2, 0.25) is 0 Å². The molecular formula is C11H14BrNO. The van der Waals surface area contributed by atoms with E-state index in [9.17, 15) is 5.11 Å². The van der Waals surface area contributed by atoms with E-state index in [0.717, 1.165) is 28.4 Å². The van der Waals surface area contributed by atoms with Crippen LogP contribution >= 0.6 is 15.9 Å². The zero-order valence-corrected chi connectivity index (χ0v) is 9.98. The number of nitrogens with two attached hydrogens (primary N) is 1. The van der Waals surface area contributed by atoms with Crippen LogP contribution in [0, 0.1) is 13.8 Å². The quantitative estimate of drug-likeness (QED) is 0.811. The third-order valence-electron chi connectivity index (χ3n) is 2.96. The third-order valence-corrected chi connectivity index (χ3v) is 3.96. The molecule has 0 aromatic heterocycles. The third kappa shape index (κ3) is 1.35. The number of phenols is 1. The van der Waals surface area contributed by atoms with Crippen molar-refractivity contribution >= 4 is 15.9 Å². The zero-order valence-electron chi connectivity index (χ0n) is 8.39. The number of benzene rings is 1. The molecule has 0 spiro atoms. The Hall–Kier alpha value is -0.540. The minimum Gasteiger partial charge on any atom is -0.507 e. The molecule has 0 radical (unpaired) electrons. The van der Waals surface area contributed by atoms with E-state index in [-0.39, 0.29) is 5.54 Å². The first kappa shape index (κ1) is 9.99. The summed E-state index contributed by atoms with van der Waals surface area (Å²) in [7, 11) is 0. The number of hydrogen-bond donors (Lipinski definition) is 2. The molecule has 1 aromatic rings. The first-order valence-electron chi connectivity index (χ1n) is 4.74. The van der Waals surface area contributed by atoms with Crippen molar-refractivity contribution < 1.29 is 5.11 Å². The van der Waals surface area contributed by atoms with E-state index < -0.39 is 0 Å². The van der Waals surface area contributed by atoms with Gasteiger partial charge < -0.3 is 10.8 Å². The van der Waals surface area contributed by atoms with Gasteiger partial charge >= 0.3 is 0 Å². The fourth-order valence-corrected chi connectivity index (χ4v) is 2.40. The van der Waals surface area contributed by atoms with Crippen molar-refractivity contribution in [3.05, 3.63) is 27.2 Å². The number of hydrogen-bond acceptors (Lipinski definition) is 2. The topological polar surface area (TPSA) is 46.2 Å². The molecule has 1 saturated carbocycles.